The van der Waals surface area contributed by atoms with Gasteiger partial charge in [0.25, 0.3) is 0 Å². The predicted octanol–water partition coefficient (Wildman–Crippen LogP) is 3.76. The van der Waals surface area contributed by atoms with Crippen molar-refractivity contribution < 1.29 is 14.3 Å². The summed E-state index contributed by atoms with van der Waals surface area (Å²) in [4.78, 5) is 19.3. The maximum Gasteiger partial charge on any atom is 0.410 e. The van der Waals surface area contributed by atoms with Crippen LogP contribution in [-0.4, -0.2) is 68.3 Å². The minimum Gasteiger partial charge on any atom is -0.495 e. The van der Waals surface area contributed by atoms with Gasteiger partial charge in [-0.15, -0.1) is 0 Å². The number of ether oxygens (including phenoxy) is 2. The van der Waals surface area contributed by atoms with E-state index in [1.807, 2.05) is 35.2 Å². The van der Waals surface area contributed by atoms with Crippen LogP contribution in [0.15, 0.2) is 42.5 Å². The van der Waals surface area contributed by atoms with Gasteiger partial charge in [0, 0.05) is 57.1 Å². The summed E-state index contributed by atoms with van der Waals surface area (Å²) >= 11 is 0. The monoisotopic (exact) mass is 452 g/mol. The molecule has 7 heteroatoms. The number of carbonyl (C=O) groups is 1. The van der Waals surface area contributed by atoms with Crippen LogP contribution in [0.4, 0.5) is 16.2 Å². The molecule has 0 bridgehead atoms. The standard InChI is InChI=1S/C26H36N4O3/c1-3-21-17-23(27)25(32-2)18-24(21)29-11-9-22(10-12-29)28-13-15-30(16-14-28)26(31)33-19-20-7-5-4-6-8-20/h4-8,17-18,22H,3,9-16,19,27H2,1-2H3. The molecule has 0 unspecified atom stereocenters. The molecule has 2 aliphatic rings. The predicted molar refractivity (Wildman–Crippen MR) is 132 cm³/mol. The van der Waals surface area contributed by atoms with E-state index in [9.17, 15) is 4.79 Å². The molecule has 0 saturated carbocycles. The Bertz CT molecular complexity index is 921. The van der Waals surface area contributed by atoms with Crippen LogP contribution in [-0.2, 0) is 17.8 Å². The summed E-state index contributed by atoms with van der Waals surface area (Å²) in [6.07, 6.45) is 2.98. The molecule has 1 amide bonds. The number of piperidine rings is 1. The van der Waals surface area contributed by atoms with Crippen molar-refractivity contribution in [3.63, 3.8) is 0 Å². The average molecular weight is 453 g/mol. The van der Waals surface area contributed by atoms with Gasteiger partial charge in [0.15, 0.2) is 0 Å². The molecular weight excluding hydrogens is 416 g/mol. The number of piperazine rings is 1. The Labute approximate surface area is 197 Å². The van der Waals surface area contributed by atoms with E-state index in [4.69, 9.17) is 15.2 Å². The third-order valence-corrected chi connectivity index (χ3v) is 6.91. The molecule has 0 radical (unpaired) electrons. The fourth-order valence-corrected chi connectivity index (χ4v) is 4.94. The molecule has 33 heavy (non-hydrogen) atoms. The maximum absolute atomic E-state index is 12.5. The van der Waals surface area contributed by atoms with Crippen LogP contribution in [0.25, 0.3) is 0 Å². The lowest BCUT2D eigenvalue weighted by Gasteiger charge is -2.43. The van der Waals surface area contributed by atoms with Crippen molar-refractivity contribution in [2.24, 2.45) is 0 Å². The average Bonchev–Trinajstić information content (AvgIpc) is 2.88. The van der Waals surface area contributed by atoms with Crippen LogP contribution in [0.5, 0.6) is 5.75 Å². The highest BCUT2D eigenvalue weighted by atomic mass is 16.6. The number of carbonyl (C=O) groups excluding carboxylic acids is 1. The van der Waals surface area contributed by atoms with Gasteiger partial charge in [-0.1, -0.05) is 37.3 Å². The molecule has 2 aliphatic heterocycles. The van der Waals surface area contributed by atoms with E-state index < -0.39 is 0 Å². The van der Waals surface area contributed by atoms with Crippen LogP contribution in [0, 0.1) is 0 Å². The quantitative estimate of drug-likeness (QED) is 0.673. The number of nitrogen functional groups attached to an aromatic ring is 1. The molecule has 2 fully saturated rings. The summed E-state index contributed by atoms with van der Waals surface area (Å²) in [5, 5.41) is 0. The fourth-order valence-electron chi connectivity index (χ4n) is 4.94. The van der Waals surface area contributed by atoms with Gasteiger partial charge in [0.1, 0.15) is 12.4 Å². The van der Waals surface area contributed by atoms with Crippen molar-refractivity contribution in [2.75, 3.05) is 57.0 Å². The van der Waals surface area contributed by atoms with E-state index in [0.29, 0.717) is 18.3 Å². The Morgan fingerprint density at radius 1 is 1.03 bits per heavy atom. The number of amides is 1. The van der Waals surface area contributed by atoms with Crippen molar-refractivity contribution in [3.05, 3.63) is 53.6 Å². The van der Waals surface area contributed by atoms with E-state index in [1.54, 1.807) is 7.11 Å². The summed E-state index contributed by atoms with van der Waals surface area (Å²) in [5.41, 5.74) is 10.4. The zero-order valence-electron chi connectivity index (χ0n) is 19.8. The van der Waals surface area contributed by atoms with Gasteiger partial charge in [-0.3, -0.25) is 4.90 Å². The Morgan fingerprint density at radius 3 is 2.36 bits per heavy atom. The molecule has 2 heterocycles. The van der Waals surface area contributed by atoms with Crippen molar-refractivity contribution >= 4 is 17.5 Å². The first-order chi connectivity index (χ1) is 16.1. The lowest BCUT2D eigenvalue weighted by Crippen LogP contribution is -2.54. The summed E-state index contributed by atoms with van der Waals surface area (Å²) in [5.74, 6) is 0.750. The molecule has 4 rings (SSSR count). The number of hydrogen-bond acceptors (Lipinski definition) is 6. The molecule has 0 atom stereocenters. The second-order valence-corrected chi connectivity index (χ2v) is 8.86. The van der Waals surface area contributed by atoms with Crippen LogP contribution >= 0.6 is 0 Å². The summed E-state index contributed by atoms with van der Waals surface area (Å²) in [6.45, 7) is 7.79. The van der Waals surface area contributed by atoms with E-state index in [2.05, 4.69) is 28.9 Å². The second-order valence-electron chi connectivity index (χ2n) is 8.86. The number of anilines is 2. The van der Waals surface area contributed by atoms with Crippen molar-refractivity contribution in [3.8, 4) is 5.75 Å². The van der Waals surface area contributed by atoms with E-state index >= 15 is 0 Å². The van der Waals surface area contributed by atoms with Gasteiger partial charge >= 0.3 is 6.09 Å². The number of benzene rings is 2. The number of hydrogen-bond donors (Lipinski definition) is 1. The van der Waals surface area contributed by atoms with Crippen molar-refractivity contribution in [1.29, 1.82) is 0 Å². The first-order valence-corrected chi connectivity index (χ1v) is 12.0. The molecule has 7 nitrogen and oxygen atoms in total. The second kappa shape index (κ2) is 10.8. The minimum absolute atomic E-state index is 0.210. The Morgan fingerprint density at radius 2 is 1.73 bits per heavy atom. The molecule has 0 aromatic heterocycles. The lowest BCUT2D eigenvalue weighted by molar-refractivity contribution is 0.0554. The maximum atomic E-state index is 12.5. The van der Waals surface area contributed by atoms with E-state index in [0.717, 1.165) is 69.8 Å². The van der Waals surface area contributed by atoms with Crippen LogP contribution in [0.3, 0.4) is 0 Å². The topological polar surface area (TPSA) is 71.3 Å². The Kier molecular flexibility index (Phi) is 7.60. The molecule has 2 aromatic carbocycles. The first-order valence-electron chi connectivity index (χ1n) is 12.0. The summed E-state index contributed by atoms with van der Waals surface area (Å²) in [6, 6.07) is 14.5. The highest BCUT2D eigenvalue weighted by molar-refractivity contribution is 5.68. The molecule has 2 saturated heterocycles. The lowest BCUT2D eigenvalue weighted by atomic mass is 9.99. The highest BCUT2D eigenvalue weighted by Crippen LogP contribution is 2.34. The highest BCUT2D eigenvalue weighted by Gasteiger charge is 2.30. The van der Waals surface area contributed by atoms with Crippen LogP contribution in [0.1, 0.15) is 30.9 Å². The Balaban J connectivity index is 1.25. The third-order valence-electron chi connectivity index (χ3n) is 6.91. The summed E-state index contributed by atoms with van der Waals surface area (Å²) in [7, 11) is 1.67. The molecule has 0 aliphatic carbocycles. The Hall–Kier alpha value is -2.93. The molecule has 178 valence electrons. The molecule has 2 N–H and O–H groups in total. The van der Waals surface area contributed by atoms with Crippen molar-refractivity contribution in [1.82, 2.24) is 9.80 Å². The van der Waals surface area contributed by atoms with E-state index in [1.165, 1.54) is 11.3 Å². The van der Waals surface area contributed by atoms with Crippen LogP contribution in [0.2, 0.25) is 0 Å². The molecular formula is C26H36N4O3. The van der Waals surface area contributed by atoms with Gasteiger partial charge in [-0.2, -0.15) is 0 Å². The van der Waals surface area contributed by atoms with Gasteiger partial charge in [-0.25, -0.2) is 4.79 Å². The fraction of sp³-hybridized carbons (Fsp3) is 0.500. The van der Waals surface area contributed by atoms with E-state index in [-0.39, 0.29) is 6.09 Å². The first kappa shape index (κ1) is 23.2. The largest absolute Gasteiger partial charge is 0.495 e. The number of methoxy groups -OCH3 is 1. The minimum atomic E-state index is -0.210. The number of rotatable bonds is 6. The number of aryl methyl sites for hydroxylation is 1. The SMILES string of the molecule is CCc1cc(N)c(OC)cc1N1CCC(N2CCN(C(=O)OCc3ccccc3)CC2)CC1. The van der Waals surface area contributed by atoms with Crippen molar-refractivity contribution in [2.45, 2.75) is 38.8 Å². The normalized spacial score (nSPS) is 17.8. The summed E-state index contributed by atoms with van der Waals surface area (Å²) < 4.78 is 11.0. The van der Waals surface area contributed by atoms with Gasteiger partial charge in [0.05, 0.1) is 12.8 Å². The number of nitrogens with two attached hydrogens (primary N) is 1. The number of nitrogens with zero attached hydrogens (tertiary/aromatic N) is 3. The van der Waals surface area contributed by atoms with Crippen LogP contribution < -0.4 is 15.4 Å². The molecule has 2 aromatic rings. The third kappa shape index (κ3) is 5.53. The van der Waals surface area contributed by atoms with Gasteiger partial charge in [0.2, 0.25) is 0 Å². The zero-order valence-corrected chi connectivity index (χ0v) is 19.8. The smallest absolute Gasteiger partial charge is 0.410 e. The van der Waals surface area contributed by atoms with Gasteiger partial charge in [-0.05, 0) is 36.5 Å². The van der Waals surface area contributed by atoms with Gasteiger partial charge < -0.3 is 25.0 Å². The molecule has 0 spiro atoms. The zero-order chi connectivity index (χ0) is 23.2.